The normalized spacial score (nSPS) is 14.0. The zero-order chi connectivity index (χ0) is 13.9. The van der Waals surface area contributed by atoms with Gasteiger partial charge in [0.1, 0.15) is 11.6 Å². The number of halogens is 2. The van der Waals surface area contributed by atoms with Crippen LogP contribution in [-0.2, 0) is 10.8 Å². The summed E-state index contributed by atoms with van der Waals surface area (Å²) in [5.41, 5.74) is -0.242. The lowest BCUT2D eigenvalue weighted by atomic mass is 10.2. The summed E-state index contributed by atoms with van der Waals surface area (Å²) in [4.78, 5) is 11.7. The predicted molar refractivity (Wildman–Crippen MR) is 68.9 cm³/mol. The van der Waals surface area contributed by atoms with Gasteiger partial charge in [0.2, 0.25) is 0 Å². The van der Waals surface area contributed by atoms with Crippen LogP contribution in [0.3, 0.4) is 0 Å². The van der Waals surface area contributed by atoms with Crippen LogP contribution in [0.1, 0.15) is 17.3 Å². The topological polar surface area (TPSA) is 66.4 Å². The Kier molecular flexibility index (Phi) is 5.10. The largest absolute Gasteiger partial charge is 0.506 e. The third-order valence-electron chi connectivity index (χ3n) is 2.39. The Morgan fingerprint density at radius 3 is 2.78 bits per heavy atom. The van der Waals surface area contributed by atoms with E-state index in [1.807, 2.05) is 0 Å². The highest BCUT2D eigenvalue weighted by molar-refractivity contribution is 7.84. The Balaban J connectivity index is 2.82. The smallest absolute Gasteiger partial charge is 0.255 e. The number of carbonyl (C=O) groups excluding carboxylic acids is 1. The SMILES string of the molecule is C[C@@H](CNC(=O)c1cc(F)cc(Cl)c1O)[S@@](C)=O. The number of phenolic OH excluding ortho intramolecular Hbond substituents is 1. The highest BCUT2D eigenvalue weighted by Crippen LogP contribution is 2.28. The van der Waals surface area contributed by atoms with Crippen LogP contribution in [0.5, 0.6) is 5.75 Å². The number of hydrogen-bond acceptors (Lipinski definition) is 3. The van der Waals surface area contributed by atoms with Gasteiger partial charge in [0.05, 0.1) is 10.6 Å². The molecule has 1 amide bonds. The molecule has 1 aromatic carbocycles. The lowest BCUT2D eigenvalue weighted by molar-refractivity contribution is 0.0951. The van der Waals surface area contributed by atoms with E-state index >= 15 is 0 Å². The molecule has 0 fully saturated rings. The number of benzene rings is 1. The maximum Gasteiger partial charge on any atom is 0.255 e. The van der Waals surface area contributed by atoms with Gasteiger partial charge in [-0.1, -0.05) is 11.6 Å². The van der Waals surface area contributed by atoms with Crippen molar-refractivity contribution in [2.45, 2.75) is 12.2 Å². The maximum atomic E-state index is 13.1. The number of phenols is 1. The van der Waals surface area contributed by atoms with Crippen molar-refractivity contribution >= 4 is 28.3 Å². The molecule has 18 heavy (non-hydrogen) atoms. The summed E-state index contributed by atoms with van der Waals surface area (Å²) in [6.45, 7) is 1.87. The van der Waals surface area contributed by atoms with E-state index in [2.05, 4.69) is 5.32 Å². The van der Waals surface area contributed by atoms with Gasteiger partial charge in [0.15, 0.2) is 0 Å². The molecule has 4 nitrogen and oxygen atoms in total. The standard InChI is InChI=1S/C11H13ClFNO3S/c1-6(18(2)17)5-14-11(16)8-3-7(13)4-9(12)10(8)15/h3-4,6,15H,5H2,1-2H3,(H,14,16)/t6-,18+/m0/s1. The second kappa shape index (κ2) is 6.15. The number of rotatable bonds is 4. The van der Waals surface area contributed by atoms with E-state index in [0.717, 1.165) is 12.1 Å². The Morgan fingerprint density at radius 1 is 1.61 bits per heavy atom. The third kappa shape index (κ3) is 3.68. The highest BCUT2D eigenvalue weighted by Gasteiger charge is 2.17. The van der Waals surface area contributed by atoms with Crippen LogP contribution in [0.2, 0.25) is 5.02 Å². The average molecular weight is 294 g/mol. The van der Waals surface area contributed by atoms with Crippen molar-refractivity contribution in [2.75, 3.05) is 12.8 Å². The molecule has 0 saturated carbocycles. The van der Waals surface area contributed by atoms with Crippen molar-refractivity contribution in [3.05, 3.63) is 28.5 Å². The zero-order valence-electron chi connectivity index (χ0n) is 9.87. The van der Waals surface area contributed by atoms with Gasteiger partial charge in [-0.3, -0.25) is 9.00 Å². The van der Waals surface area contributed by atoms with Crippen LogP contribution < -0.4 is 5.32 Å². The van der Waals surface area contributed by atoms with E-state index < -0.39 is 28.3 Å². The molecule has 0 spiro atoms. The quantitative estimate of drug-likeness (QED) is 0.888. The van der Waals surface area contributed by atoms with Crippen molar-refractivity contribution in [1.29, 1.82) is 0 Å². The molecular formula is C11H13ClFNO3S. The van der Waals surface area contributed by atoms with Gasteiger partial charge in [0, 0.05) is 28.9 Å². The summed E-state index contributed by atoms with van der Waals surface area (Å²) >= 11 is 5.56. The first kappa shape index (κ1) is 14.9. The Hall–Kier alpha value is -1.14. The van der Waals surface area contributed by atoms with Crippen molar-refractivity contribution in [2.24, 2.45) is 0 Å². The van der Waals surface area contributed by atoms with E-state index in [-0.39, 0.29) is 22.4 Å². The Morgan fingerprint density at radius 2 is 2.22 bits per heavy atom. The van der Waals surface area contributed by atoms with Crippen LogP contribution >= 0.6 is 11.6 Å². The molecule has 0 heterocycles. The second-order valence-corrected chi connectivity index (χ2v) is 6.01. The molecule has 0 saturated heterocycles. The fraction of sp³-hybridized carbons (Fsp3) is 0.364. The number of carbonyl (C=O) groups is 1. The first-order valence-electron chi connectivity index (χ1n) is 5.11. The second-order valence-electron chi connectivity index (χ2n) is 3.80. The minimum Gasteiger partial charge on any atom is -0.506 e. The molecular weight excluding hydrogens is 281 g/mol. The maximum absolute atomic E-state index is 13.1. The molecule has 0 unspecified atom stereocenters. The molecule has 0 aliphatic rings. The molecule has 0 radical (unpaired) electrons. The first-order valence-corrected chi connectivity index (χ1v) is 7.11. The molecule has 0 bridgehead atoms. The summed E-state index contributed by atoms with van der Waals surface area (Å²) in [6.07, 6.45) is 1.52. The third-order valence-corrected chi connectivity index (χ3v) is 3.98. The molecule has 0 aliphatic carbocycles. The van der Waals surface area contributed by atoms with Crippen LogP contribution in [0.25, 0.3) is 0 Å². The van der Waals surface area contributed by atoms with Gasteiger partial charge < -0.3 is 10.4 Å². The summed E-state index contributed by atoms with van der Waals surface area (Å²) in [5, 5.41) is 11.5. The molecule has 0 aliphatic heterocycles. The summed E-state index contributed by atoms with van der Waals surface area (Å²) in [5.74, 6) is -1.85. The van der Waals surface area contributed by atoms with Crippen molar-refractivity contribution in [3.8, 4) is 5.75 Å². The molecule has 100 valence electrons. The van der Waals surface area contributed by atoms with Crippen LogP contribution in [0.4, 0.5) is 4.39 Å². The molecule has 2 atom stereocenters. The first-order chi connectivity index (χ1) is 8.32. The van der Waals surface area contributed by atoms with Gasteiger partial charge in [-0.05, 0) is 19.1 Å². The molecule has 1 aromatic rings. The zero-order valence-corrected chi connectivity index (χ0v) is 11.4. The van der Waals surface area contributed by atoms with Crippen LogP contribution in [0.15, 0.2) is 12.1 Å². The van der Waals surface area contributed by atoms with Gasteiger partial charge in [-0.25, -0.2) is 4.39 Å². The lowest BCUT2D eigenvalue weighted by Crippen LogP contribution is -2.32. The van der Waals surface area contributed by atoms with E-state index in [1.165, 1.54) is 6.26 Å². The average Bonchev–Trinajstić information content (AvgIpc) is 2.29. The minimum absolute atomic E-state index is 0.162. The van der Waals surface area contributed by atoms with Crippen LogP contribution in [-0.4, -0.2) is 33.3 Å². The van der Waals surface area contributed by atoms with E-state index in [1.54, 1.807) is 6.92 Å². The van der Waals surface area contributed by atoms with Crippen molar-refractivity contribution in [1.82, 2.24) is 5.32 Å². The van der Waals surface area contributed by atoms with E-state index in [4.69, 9.17) is 11.6 Å². The van der Waals surface area contributed by atoms with Gasteiger partial charge in [0.25, 0.3) is 5.91 Å². The number of nitrogens with one attached hydrogen (secondary N) is 1. The van der Waals surface area contributed by atoms with Crippen molar-refractivity contribution < 1.29 is 18.5 Å². The monoisotopic (exact) mass is 293 g/mol. The molecule has 0 aromatic heterocycles. The Bertz CT molecular complexity index is 495. The number of amides is 1. The van der Waals surface area contributed by atoms with Crippen molar-refractivity contribution in [3.63, 3.8) is 0 Å². The fourth-order valence-corrected chi connectivity index (χ4v) is 1.71. The van der Waals surface area contributed by atoms with Crippen LogP contribution in [0, 0.1) is 5.82 Å². The molecule has 7 heteroatoms. The summed E-state index contributed by atoms with van der Waals surface area (Å²) < 4.78 is 24.2. The summed E-state index contributed by atoms with van der Waals surface area (Å²) in [6, 6.07) is 1.81. The van der Waals surface area contributed by atoms with Gasteiger partial charge in [-0.2, -0.15) is 0 Å². The molecule has 2 N–H and O–H groups in total. The van der Waals surface area contributed by atoms with E-state index in [0.29, 0.717) is 0 Å². The van der Waals surface area contributed by atoms with Gasteiger partial charge in [-0.15, -0.1) is 0 Å². The minimum atomic E-state index is -1.07. The highest BCUT2D eigenvalue weighted by atomic mass is 35.5. The lowest BCUT2D eigenvalue weighted by Gasteiger charge is -2.11. The van der Waals surface area contributed by atoms with E-state index in [9.17, 15) is 18.5 Å². The molecule has 1 rings (SSSR count). The number of aromatic hydroxyl groups is 1. The van der Waals surface area contributed by atoms with Gasteiger partial charge >= 0.3 is 0 Å². The summed E-state index contributed by atoms with van der Waals surface area (Å²) in [7, 11) is -1.07. The predicted octanol–water partition coefficient (Wildman–Crippen LogP) is 1.68. The fourth-order valence-electron chi connectivity index (χ4n) is 1.19. The Labute approximate surface area is 112 Å². The number of hydrogen-bond donors (Lipinski definition) is 2.